The van der Waals surface area contributed by atoms with Crippen LogP contribution in [0.4, 0.5) is 5.69 Å². The van der Waals surface area contributed by atoms with Crippen molar-refractivity contribution in [3.63, 3.8) is 0 Å². The average Bonchev–Trinajstić information content (AvgIpc) is 2.63. The lowest BCUT2D eigenvalue weighted by Crippen LogP contribution is -2.44. The normalized spacial score (nSPS) is 16.0. The highest BCUT2D eigenvalue weighted by molar-refractivity contribution is 6.02. The number of carbonyl (C=O) groups excluding carboxylic acids is 2. The summed E-state index contributed by atoms with van der Waals surface area (Å²) in [7, 11) is 5.29. The monoisotopic (exact) mass is 339 g/mol. The molecule has 1 N–H and O–H groups in total. The molecule has 0 bridgehead atoms. The number of hydrogen-bond acceptors (Lipinski definition) is 4. The topological polar surface area (TPSA) is 61.9 Å². The van der Waals surface area contributed by atoms with Crippen molar-refractivity contribution >= 4 is 17.5 Å². The molecule has 2 amide bonds. The highest BCUT2D eigenvalue weighted by Gasteiger charge is 2.30. The summed E-state index contributed by atoms with van der Waals surface area (Å²) in [4.78, 5) is 27.7. The summed E-state index contributed by atoms with van der Waals surface area (Å²) in [6, 6.07) is 14.9. The van der Waals surface area contributed by atoms with Crippen molar-refractivity contribution in [3.05, 3.63) is 59.7 Å². The highest BCUT2D eigenvalue weighted by atomic mass is 16.5. The van der Waals surface area contributed by atoms with Crippen LogP contribution >= 0.6 is 0 Å². The van der Waals surface area contributed by atoms with E-state index in [-0.39, 0.29) is 24.6 Å². The predicted octanol–water partition coefficient (Wildman–Crippen LogP) is 2.03. The van der Waals surface area contributed by atoms with Gasteiger partial charge in [0.2, 0.25) is 0 Å². The van der Waals surface area contributed by atoms with Gasteiger partial charge in [-0.2, -0.15) is 0 Å². The molecule has 6 nitrogen and oxygen atoms in total. The van der Waals surface area contributed by atoms with E-state index in [4.69, 9.17) is 4.74 Å². The molecular weight excluding hydrogens is 318 g/mol. The summed E-state index contributed by atoms with van der Waals surface area (Å²) in [5, 5.41) is 3.00. The van der Waals surface area contributed by atoms with Crippen LogP contribution in [0.2, 0.25) is 0 Å². The molecule has 6 heteroatoms. The molecule has 3 rings (SSSR count). The van der Waals surface area contributed by atoms with E-state index in [0.29, 0.717) is 11.3 Å². The largest absolute Gasteiger partial charge is 0.483 e. The summed E-state index contributed by atoms with van der Waals surface area (Å²) in [5.41, 5.74) is 2.30. The van der Waals surface area contributed by atoms with Crippen LogP contribution in [0.5, 0.6) is 5.75 Å². The van der Waals surface area contributed by atoms with E-state index < -0.39 is 0 Å². The maximum Gasteiger partial charge on any atom is 0.259 e. The van der Waals surface area contributed by atoms with Crippen LogP contribution in [0.15, 0.2) is 48.5 Å². The molecule has 0 spiro atoms. The van der Waals surface area contributed by atoms with Gasteiger partial charge in [-0.15, -0.1) is 0 Å². The number of hydrogen-bond donors (Lipinski definition) is 1. The van der Waals surface area contributed by atoms with Crippen molar-refractivity contribution in [2.45, 2.75) is 6.17 Å². The summed E-state index contributed by atoms with van der Waals surface area (Å²) in [5.74, 6) is 0.327. The van der Waals surface area contributed by atoms with E-state index >= 15 is 0 Å². The minimum Gasteiger partial charge on any atom is -0.483 e. The zero-order valence-corrected chi connectivity index (χ0v) is 14.5. The van der Waals surface area contributed by atoms with Gasteiger partial charge in [-0.3, -0.25) is 9.59 Å². The van der Waals surface area contributed by atoms with Crippen molar-refractivity contribution < 1.29 is 14.3 Å². The second kappa shape index (κ2) is 6.84. The van der Waals surface area contributed by atoms with Gasteiger partial charge in [0.05, 0.1) is 11.3 Å². The van der Waals surface area contributed by atoms with Crippen LogP contribution in [0.1, 0.15) is 22.1 Å². The third kappa shape index (κ3) is 3.28. The molecule has 0 aromatic heterocycles. The molecule has 0 unspecified atom stereocenters. The van der Waals surface area contributed by atoms with Crippen LogP contribution in [-0.4, -0.2) is 44.5 Å². The first-order valence-corrected chi connectivity index (χ1v) is 8.03. The van der Waals surface area contributed by atoms with Crippen LogP contribution in [0.3, 0.4) is 0 Å². The fourth-order valence-corrected chi connectivity index (χ4v) is 2.80. The minimum atomic E-state index is -0.368. The van der Waals surface area contributed by atoms with Gasteiger partial charge in [-0.05, 0) is 18.2 Å². The Balaban J connectivity index is 1.90. The smallest absolute Gasteiger partial charge is 0.259 e. The first-order chi connectivity index (χ1) is 12.0. The van der Waals surface area contributed by atoms with Gasteiger partial charge in [0.1, 0.15) is 11.9 Å². The van der Waals surface area contributed by atoms with Gasteiger partial charge in [0.15, 0.2) is 6.61 Å². The van der Waals surface area contributed by atoms with Crippen LogP contribution in [0, 0.1) is 0 Å². The number of anilines is 1. The van der Waals surface area contributed by atoms with E-state index in [1.54, 1.807) is 26.2 Å². The lowest BCUT2D eigenvalue weighted by Gasteiger charge is -2.37. The van der Waals surface area contributed by atoms with Gasteiger partial charge < -0.3 is 19.9 Å². The number of carbonyl (C=O) groups is 2. The molecule has 0 aliphatic carbocycles. The lowest BCUT2D eigenvalue weighted by molar-refractivity contribution is -0.130. The van der Waals surface area contributed by atoms with Gasteiger partial charge in [-0.1, -0.05) is 30.3 Å². The van der Waals surface area contributed by atoms with Crippen LogP contribution in [0.25, 0.3) is 0 Å². The van der Waals surface area contributed by atoms with Gasteiger partial charge in [-0.25, -0.2) is 0 Å². The number of amides is 2. The highest BCUT2D eigenvalue weighted by Crippen LogP contribution is 2.35. The summed E-state index contributed by atoms with van der Waals surface area (Å²) in [6.45, 7) is -0.0506. The number of nitrogens with one attached hydrogen (secondary N) is 1. The van der Waals surface area contributed by atoms with Gasteiger partial charge in [0.25, 0.3) is 11.8 Å². The molecule has 0 saturated heterocycles. The third-order valence-corrected chi connectivity index (χ3v) is 4.25. The number of fused-ring (bicyclic) bond motifs is 1. The van der Waals surface area contributed by atoms with Crippen molar-refractivity contribution in [1.82, 2.24) is 10.2 Å². The second-order valence-electron chi connectivity index (χ2n) is 6.12. The molecule has 0 saturated carbocycles. The molecule has 0 radical (unpaired) electrons. The minimum absolute atomic E-state index is 0.0506. The molecule has 1 heterocycles. The molecular formula is C19H21N3O3. The Hall–Kier alpha value is -3.02. The van der Waals surface area contributed by atoms with Crippen LogP contribution in [-0.2, 0) is 4.79 Å². The number of rotatable bonds is 4. The van der Waals surface area contributed by atoms with E-state index in [9.17, 15) is 9.59 Å². The average molecular weight is 339 g/mol. The van der Waals surface area contributed by atoms with E-state index in [1.165, 1.54) is 4.90 Å². The summed E-state index contributed by atoms with van der Waals surface area (Å²) >= 11 is 0. The van der Waals surface area contributed by atoms with Gasteiger partial charge in [0, 0.05) is 26.7 Å². The Bertz CT molecular complexity index is 804. The Kier molecular flexibility index (Phi) is 4.61. The maximum atomic E-state index is 12.4. The standard InChI is InChI=1S/C19H21N3O3/c1-21(2)17(23)12-25-16-11-7-5-9-14(16)18-20-19(24)13-8-4-6-10-15(13)22(18)3/h4-11,18H,12H2,1-3H3,(H,20,24)/t18-/m1/s1. The SMILES string of the molecule is CN(C)C(=O)COc1ccccc1[C@@H]1NC(=O)c2ccccc2N1C. The fraction of sp³-hybridized carbons (Fsp3) is 0.263. The Morgan fingerprint density at radius 2 is 1.84 bits per heavy atom. The quantitative estimate of drug-likeness (QED) is 0.926. The first-order valence-electron chi connectivity index (χ1n) is 8.03. The fourth-order valence-electron chi connectivity index (χ4n) is 2.80. The third-order valence-electron chi connectivity index (χ3n) is 4.25. The number of para-hydroxylation sites is 2. The summed E-state index contributed by atoms with van der Waals surface area (Å²) < 4.78 is 5.72. The molecule has 2 aromatic carbocycles. The number of ether oxygens (including phenoxy) is 1. The molecule has 1 aliphatic heterocycles. The first kappa shape index (κ1) is 16.8. The van der Waals surface area contributed by atoms with Crippen molar-refractivity contribution in [2.75, 3.05) is 32.6 Å². The van der Waals surface area contributed by atoms with Crippen LogP contribution < -0.4 is 15.0 Å². The molecule has 0 fully saturated rings. The molecule has 130 valence electrons. The van der Waals surface area contributed by atoms with Crippen molar-refractivity contribution in [1.29, 1.82) is 0 Å². The maximum absolute atomic E-state index is 12.4. The summed E-state index contributed by atoms with van der Waals surface area (Å²) in [6.07, 6.45) is -0.368. The molecule has 25 heavy (non-hydrogen) atoms. The Labute approximate surface area is 147 Å². The predicted molar refractivity (Wildman–Crippen MR) is 95.7 cm³/mol. The molecule has 1 aliphatic rings. The Morgan fingerprint density at radius 3 is 2.60 bits per heavy atom. The second-order valence-corrected chi connectivity index (χ2v) is 6.12. The zero-order chi connectivity index (χ0) is 18.0. The molecule has 1 atom stereocenters. The molecule has 2 aromatic rings. The van der Waals surface area contributed by atoms with E-state index in [2.05, 4.69) is 5.32 Å². The number of benzene rings is 2. The van der Waals surface area contributed by atoms with Crippen molar-refractivity contribution in [3.8, 4) is 5.75 Å². The Morgan fingerprint density at radius 1 is 1.16 bits per heavy atom. The van der Waals surface area contributed by atoms with E-state index in [1.807, 2.05) is 48.3 Å². The van der Waals surface area contributed by atoms with Gasteiger partial charge >= 0.3 is 0 Å². The number of likely N-dealkylation sites (N-methyl/N-ethyl adjacent to an activating group) is 1. The lowest BCUT2D eigenvalue weighted by atomic mass is 10.0. The van der Waals surface area contributed by atoms with Crippen molar-refractivity contribution in [2.24, 2.45) is 0 Å². The zero-order valence-electron chi connectivity index (χ0n) is 14.5. The number of nitrogens with zero attached hydrogens (tertiary/aromatic N) is 2. The van der Waals surface area contributed by atoms with E-state index in [0.717, 1.165) is 11.3 Å².